The first-order chi connectivity index (χ1) is 9.22. The van der Waals surface area contributed by atoms with E-state index >= 15 is 0 Å². The second-order valence-corrected chi connectivity index (χ2v) is 4.41. The Balaban J connectivity index is 2.04. The van der Waals surface area contributed by atoms with Crippen molar-refractivity contribution < 1.29 is 19.3 Å². The van der Waals surface area contributed by atoms with Gasteiger partial charge in [0.1, 0.15) is 24.3 Å². The molecule has 0 amide bonds. The highest BCUT2D eigenvalue weighted by Gasteiger charge is 2.04. The predicted molar refractivity (Wildman–Crippen MR) is 71.7 cm³/mol. The van der Waals surface area contributed by atoms with Crippen LogP contribution in [0.15, 0.2) is 24.3 Å². The highest BCUT2D eigenvalue weighted by molar-refractivity contribution is 5.22. The van der Waals surface area contributed by atoms with E-state index in [9.17, 15) is 9.50 Å². The van der Waals surface area contributed by atoms with Crippen LogP contribution in [0.4, 0.5) is 4.39 Å². The van der Waals surface area contributed by atoms with Crippen molar-refractivity contribution in [2.24, 2.45) is 0 Å². The maximum atomic E-state index is 12.6. The predicted octanol–water partition coefficient (Wildman–Crippen LogP) is 1.32. The van der Waals surface area contributed by atoms with E-state index in [0.717, 1.165) is 25.8 Å². The van der Waals surface area contributed by atoms with Gasteiger partial charge in [-0.2, -0.15) is 0 Å². The number of aliphatic hydroxyl groups is 2. The molecule has 1 aromatic rings. The van der Waals surface area contributed by atoms with Crippen molar-refractivity contribution in [1.29, 1.82) is 0 Å². The van der Waals surface area contributed by atoms with E-state index in [1.807, 2.05) is 0 Å². The first kappa shape index (κ1) is 15.9. The van der Waals surface area contributed by atoms with E-state index in [2.05, 4.69) is 5.32 Å². The minimum atomic E-state index is -0.595. The van der Waals surface area contributed by atoms with Crippen LogP contribution in [0.2, 0.25) is 0 Å². The van der Waals surface area contributed by atoms with E-state index in [1.54, 1.807) is 0 Å². The summed E-state index contributed by atoms with van der Waals surface area (Å²) in [6.45, 7) is 1.68. The van der Waals surface area contributed by atoms with Crippen LogP contribution in [0.5, 0.6) is 5.75 Å². The molecule has 1 aromatic carbocycles. The van der Waals surface area contributed by atoms with Gasteiger partial charge in [0.2, 0.25) is 0 Å². The van der Waals surface area contributed by atoms with Gasteiger partial charge in [-0.25, -0.2) is 4.39 Å². The zero-order valence-electron chi connectivity index (χ0n) is 11.0. The Morgan fingerprint density at radius 3 is 2.58 bits per heavy atom. The molecule has 5 heteroatoms. The van der Waals surface area contributed by atoms with Crippen LogP contribution in [0.3, 0.4) is 0 Å². The molecule has 1 atom stereocenters. The van der Waals surface area contributed by atoms with Crippen LogP contribution in [-0.2, 0) is 0 Å². The molecule has 19 heavy (non-hydrogen) atoms. The molecule has 0 fully saturated rings. The number of ether oxygens (including phenoxy) is 1. The summed E-state index contributed by atoms with van der Waals surface area (Å²) in [7, 11) is 0. The Morgan fingerprint density at radius 2 is 1.89 bits per heavy atom. The van der Waals surface area contributed by atoms with Gasteiger partial charge < -0.3 is 20.3 Å². The lowest BCUT2D eigenvalue weighted by Gasteiger charge is -2.13. The molecule has 0 aliphatic rings. The van der Waals surface area contributed by atoms with Crippen molar-refractivity contribution >= 4 is 0 Å². The van der Waals surface area contributed by atoms with Gasteiger partial charge >= 0.3 is 0 Å². The molecule has 0 aliphatic heterocycles. The molecule has 0 spiro atoms. The Kier molecular flexibility index (Phi) is 8.13. The molecular weight excluding hydrogens is 249 g/mol. The molecule has 0 aromatic heterocycles. The molecular formula is C14H22FNO3. The number of rotatable bonds is 10. The summed E-state index contributed by atoms with van der Waals surface area (Å²) in [6.07, 6.45) is 2.18. The maximum Gasteiger partial charge on any atom is 0.123 e. The number of unbranched alkanes of at least 4 members (excludes halogenated alkanes) is 2. The first-order valence-corrected chi connectivity index (χ1v) is 6.60. The lowest BCUT2D eigenvalue weighted by molar-refractivity contribution is 0.106. The van der Waals surface area contributed by atoms with Gasteiger partial charge in [-0.05, 0) is 50.1 Å². The molecule has 0 heterocycles. The Hall–Kier alpha value is -1.17. The van der Waals surface area contributed by atoms with Gasteiger partial charge in [0.15, 0.2) is 0 Å². The van der Waals surface area contributed by atoms with Crippen molar-refractivity contribution in [2.45, 2.75) is 25.4 Å². The van der Waals surface area contributed by atoms with Crippen LogP contribution >= 0.6 is 0 Å². The molecule has 1 unspecified atom stereocenters. The summed E-state index contributed by atoms with van der Waals surface area (Å²) < 4.78 is 18.0. The highest BCUT2D eigenvalue weighted by Crippen LogP contribution is 2.11. The fraction of sp³-hybridized carbons (Fsp3) is 0.571. The zero-order chi connectivity index (χ0) is 13.9. The summed E-state index contributed by atoms with van der Waals surface area (Å²) in [4.78, 5) is 0. The molecule has 0 saturated carbocycles. The van der Waals surface area contributed by atoms with Crippen molar-refractivity contribution in [3.63, 3.8) is 0 Å². The van der Waals surface area contributed by atoms with Gasteiger partial charge in [0, 0.05) is 13.2 Å². The molecule has 0 radical (unpaired) electrons. The second-order valence-electron chi connectivity index (χ2n) is 4.41. The van der Waals surface area contributed by atoms with E-state index in [-0.39, 0.29) is 19.0 Å². The summed E-state index contributed by atoms with van der Waals surface area (Å²) >= 11 is 0. The molecule has 3 N–H and O–H groups in total. The quantitative estimate of drug-likeness (QED) is 0.562. The van der Waals surface area contributed by atoms with Gasteiger partial charge in [-0.15, -0.1) is 0 Å². The molecule has 0 saturated heterocycles. The summed E-state index contributed by atoms with van der Waals surface area (Å²) in [5, 5.41) is 21.4. The number of hydrogen-bond donors (Lipinski definition) is 3. The lowest BCUT2D eigenvalue weighted by atomic mass is 10.2. The molecule has 4 nitrogen and oxygen atoms in total. The van der Waals surface area contributed by atoms with E-state index in [4.69, 9.17) is 9.84 Å². The Bertz CT molecular complexity index is 332. The fourth-order valence-electron chi connectivity index (χ4n) is 1.59. The molecule has 1 rings (SSSR count). The second kappa shape index (κ2) is 9.72. The molecule has 0 bridgehead atoms. The fourth-order valence-corrected chi connectivity index (χ4v) is 1.59. The normalized spacial score (nSPS) is 12.4. The summed E-state index contributed by atoms with van der Waals surface area (Å²) in [6, 6.07) is 5.71. The highest BCUT2D eigenvalue weighted by atomic mass is 19.1. The number of halogens is 1. The summed E-state index contributed by atoms with van der Waals surface area (Å²) in [5.41, 5.74) is 0. The third-order valence-electron chi connectivity index (χ3n) is 2.65. The van der Waals surface area contributed by atoms with E-state index in [0.29, 0.717) is 12.3 Å². The third-order valence-corrected chi connectivity index (χ3v) is 2.65. The maximum absolute atomic E-state index is 12.6. The third kappa shape index (κ3) is 7.77. The Morgan fingerprint density at radius 1 is 1.16 bits per heavy atom. The number of nitrogens with one attached hydrogen (secondary N) is 1. The topological polar surface area (TPSA) is 61.7 Å². The smallest absolute Gasteiger partial charge is 0.123 e. The standard InChI is InChI=1S/C14H22FNO3/c15-12-4-6-14(7-5-12)19-11-13(18)10-16-8-2-1-3-9-17/h4-7,13,16-18H,1-3,8-11H2. The Labute approximate surface area is 113 Å². The molecule has 0 aliphatic carbocycles. The minimum Gasteiger partial charge on any atom is -0.491 e. The number of hydrogen-bond acceptors (Lipinski definition) is 4. The first-order valence-electron chi connectivity index (χ1n) is 6.60. The summed E-state index contributed by atoms with van der Waals surface area (Å²) in [5.74, 6) is 0.237. The van der Waals surface area contributed by atoms with Crippen LogP contribution in [0, 0.1) is 5.82 Å². The lowest BCUT2D eigenvalue weighted by Crippen LogP contribution is -2.32. The van der Waals surface area contributed by atoms with Crippen molar-refractivity contribution in [3.05, 3.63) is 30.1 Å². The van der Waals surface area contributed by atoms with Crippen molar-refractivity contribution in [2.75, 3.05) is 26.3 Å². The number of aliphatic hydroxyl groups excluding tert-OH is 2. The average Bonchev–Trinajstić information content (AvgIpc) is 2.42. The van der Waals surface area contributed by atoms with Gasteiger partial charge in [-0.1, -0.05) is 0 Å². The van der Waals surface area contributed by atoms with Gasteiger partial charge in [0.05, 0.1) is 0 Å². The van der Waals surface area contributed by atoms with Crippen LogP contribution in [0.1, 0.15) is 19.3 Å². The SMILES string of the molecule is OCCCCCNCC(O)COc1ccc(F)cc1. The van der Waals surface area contributed by atoms with E-state index in [1.165, 1.54) is 24.3 Å². The van der Waals surface area contributed by atoms with E-state index < -0.39 is 6.10 Å². The monoisotopic (exact) mass is 271 g/mol. The molecule has 108 valence electrons. The number of benzene rings is 1. The average molecular weight is 271 g/mol. The van der Waals surface area contributed by atoms with Gasteiger partial charge in [0.25, 0.3) is 0 Å². The largest absolute Gasteiger partial charge is 0.491 e. The van der Waals surface area contributed by atoms with Crippen LogP contribution in [-0.4, -0.2) is 42.6 Å². The minimum absolute atomic E-state index is 0.176. The zero-order valence-corrected chi connectivity index (χ0v) is 11.0. The van der Waals surface area contributed by atoms with Crippen LogP contribution < -0.4 is 10.1 Å². The van der Waals surface area contributed by atoms with Crippen molar-refractivity contribution in [1.82, 2.24) is 5.32 Å². The van der Waals surface area contributed by atoms with Crippen molar-refractivity contribution in [3.8, 4) is 5.75 Å². The van der Waals surface area contributed by atoms with Gasteiger partial charge in [-0.3, -0.25) is 0 Å². The van der Waals surface area contributed by atoms with Crippen LogP contribution in [0.25, 0.3) is 0 Å².